The highest BCUT2D eigenvalue weighted by Gasteiger charge is 2.40. The van der Waals surface area contributed by atoms with Crippen LogP contribution in [0.25, 0.3) is 0 Å². The number of rotatable bonds is 3. The van der Waals surface area contributed by atoms with E-state index >= 15 is 0 Å². The third-order valence-electron chi connectivity index (χ3n) is 3.66. The van der Waals surface area contributed by atoms with Gasteiger partial charge in [-0.15, -0.1) is 0 Å². The molecule has 0 bridgehead atoms. The molecule has 0 saturated carbocycles. The molecule has 0 radical (unpaired) electrons. The summed E-state index contributed by atoms with van der Waals surface area (Å²) in [7, 11) is 0. The quantitative estimate of drug-likeness (QED) is 0.764. The van der Waals surface area contributed by atoms with Gasteiger partial charge >= 0.3 is 6.18 Å². The van der Waals surface area contributed by atoms with E-state index in [1.807, 2.05) is 6.92 Å². The molecule has 0 aromatic heterocycles. The standard InChI is InChI=1S/C15H18F4O2/c1-3-20-12-7-6-11(10-5-4-9(2)21-8-10)14(16)13(12)15(17,18)19/h6-7,9-10H,3-5,8H2,1-2H3. The third-order valence-corrected chi connectivity index (χ3v) is 3.66. The van der Waals surface area contributed by atoms with Crippen molar-refractivity contribution < 1.29 is 27.0 Å². The van der Waals surface area contributed by atoms with Gasteiger partial charge in [-0.05, 0) is 38.3 Å². The molecule has 1 saturated heterocycles. The van der Waals surface area contributed by atoms with Crippen LogP contribution < -0.4 is 4.74 Å². The maximum absolute atomic E-state index is 14.4. The summed E-state index contributed by atoms with van der Waals surface area (Å²) in [5.41, 5.74) is -1.27. The second kappa shape index (κ2) is 6.22. The molecule has 21 heavy (non-hydrogen) atoms. The minimum Gasteiger partial charge on any atom is -0.493 e. The Morgan fingerprint density at radius 2 is 2.00 bits per heavy atom. The number of benzene rings is 1. The Labute approximate surface area is 121 Å². The molecule has 0 aliphatic carbocycles. The van der Waals surface area contributed by atoms with E-state index in [2.05, 4.69) is 0 Å². The van der Waals surface area contributed by atoms with Crippen LogP contribution in [0.2, 0.25) is 0 Å². The minimum atomic E-state index is -4.78. The average molecular weight is 306 g/mol. The van der Waals surface area contributed by atoms with Crippen molar-refractivity contribution in [2.75, 3.05) is 13.2 Å². The Morgan fingerprint density at radius 3 is 2.52 bits per heavy atom. The zero-order valence-electron chi connectivity index (χ0n) is 12.0. The van der Waals surface area contributed by atoms with Crippen molar-refractivity contribution in [3.63, 3.8) is 0 Å². The first-order chi connectivity index (χ1) is 9.84. The molecule has 0 spiro atoms. The number of hydrogen-bond acceptors (Lipinski definition) is 2. The maximum atomic E-state index is 14.4. The van der Waals surface area contributed by atoms with Crippen molar-refractivity contribution >= 4 is 0 Å². The smallest absolute Gasteiger partial charge is 0.422 e. The molecule has 1 fully saturated rings. The fraction of sp³-hybridized carbons (Fsp3) is 0.600. The molecule has 1 aromatic carbocycles. The number of halogens is 4. The number of ether oxygens (including phenoxy) is 2. The minimum absolute atomic E-state index is 0.0475. The summed E-state index contributed by atoms with van der Waals surface area (Å²) in [6.45, 7) is 3.74. The first-order valence-corrected chi connectivity index (χ1v) is 6.98. The molecule has 2 unspecified atom stereocenters. The average Bonchev–Trinajstić information content (AvgIpc) is 2.39. The summed E-state index contributed by atoms with van der Waals surface area (Å²) in [5.74, 6) is -2.05. The van der Waals surface area contributed by atoms with Crippen LogP contribution in [-0.2, 0) is 10.9 Å². The molecule has 2 nitrogen and oxygen atoms in total. The molecule has 0 amide bonds. The highest BCUT2D eigenvalue weighted by molar-refractivity contribution is 5.42. The summed E-state index contributed by atoms with van der Waals surface area (Å²) in [6, 6.07) is 2.57. The van der Waals surface area contributed by atoms with Gasteiger partial charge in [-0.25, -0.2) is 4.39 Å². The van der Waals surface area contributed by atoms with E-state index in [0.717, 1.165) is 0 Å². The molecule has 1 aromatic rings. The topological polar surface area (TPSA) is 18.5 Å². The lowest BCUT2D eigenvalue weighted by molar-refractivity contribution is -0.141. The second-order valence-electron chi connectivity index (χ2n) is 5.19. The lowest BCUT2D eigenvalue weighted by Crippen LogP contribution is -2.24. The molecule has 2 atom stereocenters. The van der Waals surface area contributed by atoms with Gasteiger partial charge in [-0.2, -0.15) is 13.2 Å². The van der Waals surface area contributed by atoms with Gasteiger partial charge in [0.1, 0.15) is 17.1 Å². The van der Waals surface area contributed by atoms with Gasteiger partial charge in [0.05, 0.1) is 19.3 Å². The van der Waals surface area contributed by atoms with Crippen LogP contribution in [0.4, 0.5) is 17.6 Å². The van der Waals surface area contributed by atoms with Crippen LogP contribution >= 0.6 is 0 Å². The lowest BCUT2D eigenvalue weighted by Gasteiger charge is -2.28. The van der Waals surface area contributed by atoms with E-state index in [9.17, 15) is 17.6 Å². The Balaban J connectivity index is 2.40. The Bertz CT molecular complexity index is 491. The van der Waals surface area contributed by atoms with Gasteiger partial charge in [-0.3, -0.25) is 0 Å². The van der Waals surface area contributed by atoms with Crippen LogP contribution in [0, 0.1) is 5.82 Å². The van der Waals surface area contributed by atoms with E-state index in [0.29, 0.717) is 12.8 Å². The largest absolute Gasteiger partial charge is 0.493 e. The molecular weight excluding hydrogens is 288 g/mol. The van der Waals surface area contributed by atoms with E-state index in [1.165, 1.54) is 12.1 Å². The monoisotopic (exact) mass is 306 g/mol. The van der Waals surface area contributed by atoms with E-state index in [-0.39, 0.29) is 30.8 Å². The highest BCUT2D eigenvalue weighted by atomic mass is 19.4. The molecule has 0 N–H and O–H groups in total. The molecule has 1 aliphatic rings. The fourth-order valence-corrected chi connectivity index (χ4v) is 2.56. The maximum Gasteiger partial charge on any atom is 0.422 e. The van der Waals surface area contributed by atoms with E-state index in [1.54, 1.807) is 6.92 Å². The summed E-state index contributed by atoms with van der Waals surface area (Å²) in [6.07, 6.45) is -3.40. The van der Waals surface area contributed by atoms with E-state index in [4.69, 9.17) is 9.47 Å². The normalized spacial score (nSPS) is 23.1. The van der Waals surface area contributed by atoms with Crippen LogP contribution in [0.5, 0.6) is 5.75 Å². The van der Waals surface area contributed by atoms with Crippen molar-refractivity contribution in [1.82, 2.24) is 0 Å². The number of hydrogen-bond donors (Lipinski definition) is 0. The van der Waals surface area contributed by atoms with Crippen molar-refractivity contribution in [1.29, 1.82) is 0 Å². The van der Waals surface area contributed by atoms with Gasteiger partial charge in [-0.1, -0.05) is 6.07 Å². The summed E-state index contributed by atoms with van der Waals surface area (Å²) in [4.78, 5) is 0. The van der Waals surface area contributed by atoms with Gasteiger partial charge < -0.3 is 9.47 Å². The summed E-state index contributed by atoms with van der Waals surface area (Å²) < 4.78 is 64.0. The van der Waals surface area contributed by atoms with Crippen molar-refractivity contribution in [2.45, 2.75) is 44.9 Å². The van der Waals surface area contributed by atoms with E-state index < -0.39 is 23.3 Å². The lowest BCUT2D eigenvalue weighted by atomic mass is 9.90. The molecule has 6 heteroatoms. The first kappa shape index (κ1) is 16.1. The van der Waals surface area contributed by atoms with Crippen molar-refractivity contribution in [3.05, 3.63) is 29.1 Å². The highest BCUT2D eigenvalue weighted by Crippen LogP contribution is 2.42. The molecular formula is C15H18F4O2. The van der Waals surface area contributed by atoms with Crippen LogP contribution in [0.3, 0.4) is 0 Å². The molecule has 2 rings (SSSR count). The first-order valence-electron chi connectivity index (χ1n) is 6.98. The Morgan fingerprint density at radius 1 is 1.29 bits per heavy atom. The van der Waals surface area contributed by atoms with Gasteiger partial charge in [0, 0.05) is 5.92 Å². The van der Waals surface area contributed by atoms with Gasteiger partial charge in [0.25, 0.3) is 0 Å². The SMILES string of the molecule is CCOc1ccc(C2CCC(C)OC2)c(F)c1C(F)(F)F. The Kier molecular flexibility index (Phi) is 4.76. The van der Waals surface area contributed by atoms with Crippen molar-refractivity contribution in [3.8, 4) is 5.75 Å². The zero-order valence-corrected chi connectivity index (χ0v) is 12.0. The second-order valence-corrected chi connectivity index (χ2v) is 5.19. The zero-order chi connectivity index (χ0) is 15.6. The molecule has 1 heterocycles. The van der Waals surface area contributed by atoms with Gasteiger partial charge in [0.2, 0.25) is 0 Å². The fourth-order valence-electron chi connectivity index (χ4n) is 2.56. The van der Waals surface area contributed by atoms with Gasteiger partial charge in [0.15, 0.2) is 0 Å². The van der Waals surface area contributed by atoms with Crippen molar-refractivity contribution in [2.24, 2.45) is 0 Å². The molecule has 118 valence electrons. The predicted octanol–water partition coefficient (Wildman–Crippen LogP) is 4.53. The summed E-state index contributed by atoms with van der Waals surface area (Å²) >= 11 is 0. The predicted molar refractivity (Wildman–Crippen MR) is 70.0 cm³/mol. The molecule has 1 aliphatic heterocycles. The number of alkyl halides is 3. The summed E-state index contributed by atoms with van der Waals surface area (Å²) in [5, 5.41) is 0. The Hall–Kier alpha value is -1.30. The van der Waals surface area contributed by atoms with Crippen LogP contribution in [0.1, 0.15) is 43.7 Å². The van der Waals surface area contributed by atoms with Crippen LogP contribution in [-0.4, -0.2) is 19.3 Å². The van der Waals surface area contributed by atoms with Crippen LogP contribution in [0.15, 0.2) is 12.1 Å². The third kappa shape index (κ3) is 3.48.